The van der Waals surface area contributed by atoms with Gasteiger partial charge in [-0.25, -0.2) is 4.79 Å². The first kappa shape index (κ1) is 92.7. The predicted molar refractivity (Wildman–Crippen MR) is 381 cm³/mol. The van der Waals surface area contributed by atoms with Gasteiger partial charge in [-0.3, -0.25) is 77.1 Å². The fourth-order valence-electron chi connectivity index (χ4n) is 10.7. The first-order valence-corrected chi connectivity index (χ1v) is 34.7. The van der Waals surface area contributed by atoms with Gasteiger partial charge in [-0.15, -0.1) is 0 Å². The number of likely N-dealkylation sites (tertiary alicyclic amines) is 1. The lowest BCUT2D eigenvalue weighted by Crippen LogP contribution is -2.63. The van der Waals surface area contributed by atoms with Crippen molar-refractivity contribution in [2.24, 2.45) is 56.4 Å². The molecule has 1 saturated heterocycles. The Morgan fingerprint density at radius 3 is 1.49 bits per heavy atom. The number of aliphatic hydroxyl groups excluding tert-OH is 5. The Hall–Kier alpha value is -10.4. The lowest BCUT2D eigenvalue weighted by molar-refractivity contribution is -0.143. The third-order valence-electron chi connectivity index (χ3n) is 16.8. The highest BCUT2D eigenvalue weighted by atomic mass is 16.4. The van der Waals surface area contributed by atoms with Crippen LogP contribution in [0.5, 0.6) is 0 Å². The Kier molecular flexibility index (Phi) is 40.9. The van der Waals surface area contributed by atoms with Crippen LogP contribution in [0.2, 0.25) is 0 Å². The van der Waals surface area contributed by atoms with Crippen molar-refractivity contribution in [3.63, 3.8) is 0 Å². The second-order valence-electron chi connectivity index (χ2n) is 26.3. The summed E-state index contributed by atoms with van der Waals surface area (Å²) in [5.74, 6) is -18.8. The summed E-state index contributed by atoms with van der Waals surface area (Å²) in [4.78, 5) is 211. The lowest BCUT2D eigenvalue weighted by Gasteiger charge is -2.30. The highest BCUT2D eigenvalue weighted by molar-refractivity contribution is 6.00. The number of benzene rings is 1. The summed E-state index contributed by atoms with van der Waals surface area (Å²) in [6.07, 6.45) is -2.61. The summed E-state index contributed by atoms with van der Waals surface area (Å²) in [7, 11) is 0. The minimum Gasteiger partial charge on any atom is -0.481 e. The first-order valence-electron chi connectivity index (χ1n) is 34.7. The third-order valence-corrected chi connectivity index (χ3v) is 16.8. The molecule has 42 nitrogen and oxygen atoms in total. The van der Waals surface area contributed by atoms with Gasteiger partial charge in [0.05, 0.1) is 45.5 Å². The van der Waals surface area contributed by atoms with E-state index in [0.29, 0.717) is 5.56 Å². The first-order chi connectivity index (χ1) is 50.3. The number of nitrogens with two attached hydrogens (primary N) is 5. The second kappa shape index (κ2) is 47.2. The maximum atomic E-state index is 14.7. The van der Waals surface area contributed by atoms with Crippen molar-refractivity contribution in [1.29, 1.82) is 0 Å². The summed E-state index contributed by atoms with van der Waals surface area (Å²) < 4.78 is 0. The van der Waals surface area contributed by atoms with Crippen molar-refractivity contribution in [3.05, 3.63) is 35.9 Å². The van der Waals surface area contributed by atoms with Crippen LogP contribution in [0.15, 0.2) is 40.3 Å². The van der Waals surface area contributed by atoms with Crippen molar-refractivity contribution in [1.82, 2.24) is 68.7 Å². The van der Waals surface area contributed by atoms with Crippen LogP contribution in [-0.2, 0) is 78.3 Å². The Morgan fingerprint density at radius 1 is 0.523 bits per heavy atom. The van der Waals surface area contributed by atoms with Crippen molar-refractivity contribution < 1.29 is 108 Å². The number of guanidine groups is 2. The van der Waals surface area contributed by atoms with Gasteiger partial charge < -0.3 is 133 Å². The Balaban J connectivity index is 2.33. The molecule has 0 spiro atoms. The number of nitrogens with zero attached hydrogens (tertiary/aromatic N) is 3. The van der Waals surface area contributed by atoms with E-state index in [1.165, 1.54) is 6.92 Å². The van der Waals surface area contributed by atoms with Crippen LogP contribution in [0.25, 0.3) is 0 Å². The fourth-order valence-corrected chi connectivity index (χ4v) is 10.7. The average Bonchev–Trinajstić information content (AvgIpc) is 1.76. The number of nitrogens with one attached hydrogen (secondary N) is 12. The molecule has 107 heavy (non-hydrogen) atoms. The van der Waals surface area contributed by atoms with Crippen molar-refractivity contribution in [2.75, 3.05) is 52.6 Å². The van der Waals surface area contributed by atoms with Gasteiger partial charge in [0, 0.05) is 26.1 Å². The van der Waals surface area contributed by atoms with Gasteiger partial charge in [0.2, 0.25) is 76.8 Å². The average molecular weight is 1520 g/mol. The SMILES string of the molecule is CC[C@H](C)[C@H](NC(=O)[C@H](CC(=O)O)NC(=O)[C@@H](N)CO)C(=O)N[C@@H](CO)C(=O)N[C@@H](CO)C(=O)N[C@H](C(=O)N[C@@H](CCCN=C(N)N)C(=O)NCC(=O)N[C@@H](Cc1ccccc1)C(=O)N1CCC[C@H]1C(=O)N[C@@H](CO)C(=O)N[C@H](C(=O)N[C@@H](CC(C)C)C(=O)N[C@@H](CCCN=C(N)N)C(=O)O)C(C)C)[C@@H](C)O. The number of carbonyl (C=O) groups excluding carboxylic acids is 13. The number of rotatable bonds is 48. The van der Waals surface area contributed by atoms with Crippen LogP contribution >= 0.6 is 0 Å². The van der Waals surface area contributed by atoms with Crippen molar-refractivity contribution in [3.8, 4) is 0 Å². The predicted octanol–water partition coefficient (Wildman–Crippen LogP) is -10.2. The molecule has 13 amide bonds. The number of hydrogen-bond donors (Lipinski definition) is 24. The number of hydrogen-bond acceptors (Lipinski definition) is 23. The van der Waals surface area contributed by atoms with Gasteiger partial charge in [-0.05, 0) is 75.2 Å². The summed E-state index contributed by atoms with van der Waals surface area (Å²) in [5.41, 5.74) is 27.7. The number of carboxylic acid groups (broad SMARTS) is 2. The Morgan fingerprint density at radius 2 is 0.981 bits per heavy atom. The summed E-state index contributed by atoms with van der Waals surface area (Å²) in [6.45, 7) is 5.61. The van der Waals surface area contributed by atoms with Crippen LogP contribution in [0, 0.1) is 17.8 Å². The smallest absolute Gasteiger partial charge is 0.326 e. The molecule has 15 atom stereocenters. The zero-order valence-corrected chi connectivity index (χ0v) is 60.9. The molecule has 0 unspecified atom stereocenters. The Bertz CT molecular complexity index is 3250. The summed E-state index contributed by atoms with van der Waals surface area (Å²) >= 11 is 0. The maximum absolute atomic E-state index is 14.7. The quantitative estimate of drug-likeness (QED) is 0.0164. The minimum absolute atomic E-state index is 0.0208. The van der Waals surface area contributed by atoms with E-state index in [1.54, 1.807) is 65.0 Å². The van der Waals surface area contributed by atoms with E-state index < -0.39 is 225 Å². The molecule has 0 radical (unpaired) electrons. The molecule has 29 N–H and O–H groups in total. The molecule has 1 aromatic rings. The van der Waals surface area contributed by atoms with Crippen LogP contribution in [0.4, 0.5) is 0 Å². The lowest BCUT2D eigenvalue weighted by atomic mass is 9.97. The molecule has 1 aromatic carbocycles. The second-order valence-corrected chi connectivity index (χ2v) is 26.3. The summed E-state index contributed by atoms with van der Waals surface area (Å²) in [6, 6.07) is -12.6. The van der Waals surface area contributed by atoms with Gasteiger partial charge in [0.25, 0.3) is 0 Å². The van der Waals surface area contributed by atoms with E-state index in [1.807, 2.05) is 0 Å². The van der Waals surface area contributed by atoms with E-state index in [2.05, 4.69) is 73.8 Å². The van der Waals surface area contributed by atoms with Gasteiger partial charge >= 0.3 is 11.9 Å². The molecule has 0 bridgehead atoms. The molecular formula is C65H108N20O22. The number of amides is 13. The van der Waals surface area contributed by atoms with Crippen LogP contribution in [-0.4, -0.2) is 279 Å². The molecule has 600 valence electrons. The molecule has 1 heterocycles. The molecule has 2 rings (SSSR count). The van der Waals surface area contributed by atoms with Gasteiger partial charge in [0.1, 0.15) is 78.5 Å². The number of carboxylic acids is 2. The standard InChI is InChI=1S/C65H108N20O22/c1-8-33(6)49(83-54(97)40(25-47(92)93)77-51(94)36(66)27-86)60(103)81-42(28-87)55(98)79-43(29-88)57(100)84-50(34(7)90)61(104)75-37(17-12-20-71-64(67)68)52(95)73-26-46(91)74-41(24-35-15-10-9-11-16-35)62(105)85-22-14-19-45(85)58(101)80-44(30-89)56(99)82-48(32(4)5)59(102)78-39(23-31(2)3)53(96)76-38(63(106)107)18-13-21-72-65(69)70/h9-11,15-16,31-34,36-45,48-50,86-90H,8,12-14,17-30,66H2,1-7H3,(H,73,95)(H,74,91)(H,75,104)(H,76,96)(H,77,94)(H,78,102)(H,79,98)(H,80,101)(H,81,103)(H,82,99)(H,83,97)(H,84,100)(H,92,93)(H,106,107)(H4,67,68,71)(H4,69,70,72)/t33-,34+,36-,37-,38-,39-,40-,41-,42-,43-,44-,45-,48-,49-,50-/m0/s1. The van der Waals surface area contributed by atoms with Crippen LogP contribution in [0.1, 0.15) is 112 Å². The van der Waals surface area contributed by atoms with Gasteiger partial charge in [-0.1, -0.05) is 78.3 Å². The fraction of sp³-hybridized carbons (Fsp3) is 0.646. The molecular weight excluding hydrogens is 1410 g/mol. The molecule has 1 fully saturated rings. The number of aliphatic hydroxyl groups is 5. The Labute approximate surface area is 617 Å². The third kappa shape index (κ3) is 32.5. The minimum atomic E-state index is -1.99. The molecule has 0 aromatic heterocycles. The topological polar surface area (TPSA) is 700 Å². The number of aliphatic imine (C=N–C) groups is 2. The number of carbonyl (C=O) groups is 15. The van der Waals surface area contributed by atoms with Gasteiger partial charge in [0.15, 0.2) is 11.9 Å². The zero-order chi connectivity index (χ0) is 80.9. The van der Waals surface area contributed by atoms with E-state index in [9.17, 15) is 108 Å². The maximum Gasteiger partial charge on any atom is 0.326 e. The molecule has 42 heteroatoms. The van der Waals surface area contributed by atoms with Crippen molar-refractivity contribution >= 4 is 101 Å². The number of aliphatic carboxylic acids is 2. The van der Waals surface area contributed by atoms with E-state index in [-0.39, 0.29) is 95.3 Å². The van der Waals surface area contributed by atoms with Crippen LogP contribution in [0.3, 0.4) is 0 Å². The van der Waals surface area contributed by atoms with Gasteiger partial charge in [-0.2, -0.15) is 0 Å². The molecule has 0 saturated carbocycles. The normalized spacial score (nSPS) is 16.5. The molecule has 0 aliphatic carbocycles. The van der Waals surface area contributed by atoms with E-state index in [0.717, 1.165) is 11.8 Å². The summed E-state index contributed by atoms with van der Waals surface area (Å²) in [5, 5.41) is 98.3. The monoisotopic (exact) mass is 1520 g/mol. The van der Waals surface area contributed by atoms with E-state index in [4.69, 9.17) is 28.7 Å². The zero-order valence-electron chi connectivity index (χ0n) is 60.9. The molecule has 1 aliphatic rings. The van der Waals surface area contributed by atoms with Crippen molar-refractivity contribution in [2.45, 2.75) is 197 Å². The largest absolute Gasteiger partial charge is 0.481 e. The highest BCUT2D eigenvalue weighted by Crippen LogP contribution is 2.21. The van der Waals surface area contributed by atoms with Crippen LogP contribution < -0.4 is 92.5 Å². The highest BCUT2D eigenvalue weighted by Gasteiger charge is 2.42. The van der Waals surface area contributed by atoms with E-state index >= 15 is 0 Å². The molecule has 1 aliphatic heterocycles.